The van der Waals surface area contributed by atoms with E-state index in [1.54, 1.807) is 6.92 Å². The van der Waals surface area contributed by atoms with Crippen molar-refractivity contribution in [3.8, 4) is 0 Å². The predicted octanol–water partition coefficient (Wildman–Crippen LogP) is 2.03. The van der Waals surface area contributed by atoms with E-state index in [0.717, 1.165) is 0 Å². The third-order valence-corrected chi connectivity index (χ3v) is 8.53. The van der Waals surface area contributed by atoms with E-state index in [4.69, 9.17) is 14.2 Å². The van der Waals surface area contributed by atoms with Gasteiger partial charge in [0, 0.05) is 55.6 Å². The lowest BCUT2D eigenvalue weighted by Crippen LogP contribution is -2.56. The average molecular weight is 516 g/mol. The van der Waals surface area contributed by atoms with Gasteiger partial charge in [-0.15, -0.1) is 0 Å². The monoisotopic (exact) mass is 515 g/mol. The number of carboxylic acids is 1. The molecule has 1 heterocycles. The maximum Gasteiger partial charge on any atom is 0.340 e. The Balaban J connectivity index is 1.99. The second-order valence-electron chi connectivity index (χ2n) is 10.7. The van der Waals surface area contributed by atoms with Crippen LogP contribution < -0.4 is 5.32 Å². The van der Waals surface area contributed by atoms with E-state index >= 15 is 0 Å². The maximum atomic E-state index is 14.1. The number of hydrogen-bond donors (Lipinski definition) is 2. The molecule has 0 spiro atoms. The number of ketones is 2. The standard InChI is InChI=1S/C27H33NO9/c1-12-21-15(10-28-13(2)24(32)33)25(34)37-19(11-35-6)27(21,5)22-17(36-14(3)29)9-26(4)16(7-8-18(26)30)20(22)23(12)31/h10,13,16-17,19,28H,7-9,11H2,1-6H3,(H,32,33)/b15-10-/t13?,16?,17?,19?,26-,27-/m0/s1. The Hall–Kier alpha value is -3.27. The van der Waals surface area contributed by atoms with Crippen LogP contribution in [0.3, 0.4) is 0 Å². The first-order chi connectivity index (χ1) is 17.3. The summed E-state index contributed by atoms with van der Waals surface area (Å²) < 4.78 is 17.0. The second kappa shape index (κ2) is 9.24. The first-order valence-corrected chi connectivity index (χ1v) is 12.4. The molecular weight excluding hydrogens is 482 g/mol. The number of Topliss-reactive ketones (excluding diaryl/α,β-unsaturated/α-hetero) is 2. The molecule has 0 aromatic heterocycles. The van der Waals surface area contributed by atoms with E-state index in [1.165, 1.54) is 27.2 Å². The lowest BCUT2D eigenvalue weighted by Gasteiger charge is -2.53. The fourth-order valence-corrected chi connectivity index (χ4v) is 6.67. The molecule has 0 radical (unpaired) electrons. The number of methoxy groups -OCH3 is 1. The molecule has 37 heavy (non-hydrogen) atoms. The fraction of sp³-hybridized carbons (Fsp3) is 0.593. The first kappa shape index (κ1) is 26.8. The molecule has 1 saturated carbocycles. The molecule has 2 fully saturated rings. The summed E-state index contributed by atoms with van der Waals surface area (Å²) in [6, 6.07) is -1.01. The van der Waals surface area contributed by atoms with Gasteiger partial charge in [-0.05, 0) is 38.3 Å². The largest absolute Gasteiger partial charge is 0.480 e. The van der Waals surface area contributed by atoms with Crippen LogP contribution in [0.5, 0.6) is 0 Å². The van der Waals surface area contributed by atoms with Gasteiger partial charge in [0.1, 0.15) is 24.0 Å². The van der Waals surface area contributed by atoms with Gasteiger partial charge in [-0.1, -0.05) is 6.92 Å². The SMILES string of the molecule is COCC1OC(=O)/C(=C\NC(C)C(=O)O)C2=C(C)C(=O)C3=C(C(OC(C)=O)C[C@]4(C)C(=O)CCC34)[C@]21C. The molecule has 6 atom stereocenters. The first-order valence-electron chi connectivity index (χ1n) is 12.4. The van der Waals surface area contributed by atoms with Crippen molar-refractivity contribution in [2.45, 2.75) is 72.1 Å². The van der Waals surface area contributed by atoms with E-state index in [0.29, 0.717) is 35.1 Å². The van der Waals surface area contributed by atoms with Crippen LogP contribution in [0.1, 0.15) is 53.9 Å². The Kier molecular flexibility index (Phi) is 6.69. The lowest BCUT2D eigenvalue weighted by molar-refractivity contribution is -0.160. The summed E-state index contributed by atoms with van der Waals surface area (Å²) in [6.07, 6.45) is 0.555. The summed E-state index contributed by atoms with van der Waals surface area (Å²) in [7, 11) is 1.47. The molecule has 4 aliphatic rings. The van der Waals surface area contributed by atoms with E-state index in [1.807, 2.05) is 13.8 Å². The van der Waals surface area contributed by atoms with Crippen LogP contribution >= 0.6 is 0 Å². The highest BCUT2D eigenvalue weighted by atomic mass is 16.6. The number of carbonyl (C=O) groups is 5. The Morgan fingerprint density at radius 3 is 2.54 bits per heavy atom. The van der Waals surface area contributed by atoms with Crippen molar-refractivity contribution in [2.75, 3.05) is 13.7 Å². The van der Waals surface area contributed by atoms with Gasteiger partial charge in [0.15, 0.2) is 5.78 Å². The smallest absolute Gasteiger partial charge is 0.340 e. The van der Waals surface area contributed by atoms with Gasteiger partial charge in [-0.25, -0.2) is 4.79 Å². The van der Waals surface area contributed by atoms with E-state index in [-0.39, 0.29) is 36.1 Å². The minimum Gasteiger partial charge on any atom is -0.480 e. The molecular formula is C27H33NO9. The van der Waals surface area contributed by atoms with E-state index in [9.17, 15) is 29.1 Å². The second-order valence-corrected chi connectivity index (χ2v) is 10.7. The third-order valence-electron chi connectivity index (χ3n) is 8.53. The minimum atomic E-state index is -1.13. The zero-order chi connectivity index (χ0) is 27.4. The highest BCUT2D eigenvalue weighted by Crippen LogP contribution is 2.62. The van der Waals surface area contributed by atoms with Gasteiger partial charge >= 0.3 is 17.9 Å². The van der Waals surface area contributed by atoms with Crippen LogP contribution in [-0.4, -0.2) is 66.5 Å². The molecule has 0 aromatic carbocycles. The third kappa shape index (κ3) is 3.93. The van der Waals surface area contributed by atoms with Crippen molar-refractivity contribution in [3.05, 3.63) is 34.1 Å². The number of esters is 2. The van der Waals surface area contributed by atoms with E-state index < -0.39 is 47.0 Å². The number of carbonyl (C=O) groups excluding carboxylic acids is 4. The van der Waals surface area contributed by atoms with Crippen molar-refractivity contribution in [3.63, 3.8) is 0 Å². The van der Waals surface area contributed by atoms with Crippen LogP contribution in [0, 0.1) is 16.7 Å². The predicted molar refractivity (Wildman–Crippen MR) is 129 cm³/mol. The Bertz CT molecular complexity index is 1190. The van der Waals surface area contributed by atoms with Crippen LogP contribution in [-0.2, 0) is 38.2 Å². The maximum absolute atomic E-state index is 14.1. The minimum absolute atomic E-state index is 0.00385. The molecule has 10 nitrogen and oxygen atoms in total. The number of cyclic esters (lactones) is 1. The molecule has 1 saturated heterocycles. The van der Waals surface area contributed by atoms with Crippen molar-refractivity contribution in [1.29, 1.82) is 0 Å². The van der Waals surface area contributed by atoms with Gasteiger partial charge in [-0.2, -0.15) is 0 Å². The average Bonchev–Trinajstić information content (AvgIpc) is 3.11. The molecule has 3 aliphatic carbocycles. The quantitative estimate of drug-likeness (QED) is 0.398. The highest BCUT2D eigenvalue weighted by Gasteiger charge is 2.63. The van der Waals surface area contributed by atoms with Gasteiger partial charge in [0.2, 0.25) is 0 Å². The summed E-state index contributed by atoms with van der Waals surface area (Å²) in [6.45, 7) is 7.98. The number of hydrogen-bond acceptors (Lipinski definition) is 9. The Labute approximate surface area is 215 Å². The van der Waals surface area contributed by atoms with Crippen molar-refractivity contribution in [2.24, 2.45) is 16.7 Å². The molecule has 2 N–H and O–H groups in total. The Morgan fingerprint density at radius 1 is 1.27 bits per heavy atom. The molecule has 200 valence electrons. The molecule has 4 rings (SSSR count). The molecule has 0 bridgehead atoms. The van der Waals surface area contributed by atoms with E-state index in [2.05, 4.69) is 5.32 Å². The lowest BCUT2D eigenvalue weighted by atomic mass is 9.52. The summed E-state index contributed by atoms with van der Waals surface area (Å²) in [5, 5.41) is 12.0. The Morgan fingerprint density at radius 2 is 1.95 bits per heavy atom. The number of fused-ring (bicyclic) bond motifs is 4. The molecule has 0 amide bonds. The summed E-state index contributed by atoms with van der Waals surface area (Å²) >= 11 is 0. The number of carboxylic acid groups (broad SMARTS) is 1. The van der Waals surface area contributed by atoms with Crippen LogP contribution in [0.25, 0.3) is 0 Å². The molecule has 10 heteroatoms. The number of allylic oxidation sites excluding steroid dienone is 2. The summed E-state index contributed by atoms with van der Waals surface area (Å²) in [4.78, 5) is 63.8. The number of aliphatic carboxylic acids is 1. The van der Waals surface area contributed by atoms with Gasteiger partial charge in [0.25, 0.3) is 0 Å². The fourth-order valence-electron chi connectivity index (χ4n) is 6.67. The van der Waals surface area contributed by atoms with Crippen molar-refractivity contribution in [1.82, 2.24) is 5.32 Å². The molecule has 4 unspecified atom stereocenters. The number of nitrogens with one attached hydrogen (secondary N) is 1. The van der Waals surface area contributed by atoms with Crippen molar-refractivity contribution < 1.29 is 43.3 Å². The summed E-state index contributed by atoms with van der Waals surface area (Å²) in [5.41, 5.74) is -0.313. The number of ether oxygens (including phenoxy) is 3. The topological polar surface area (TPSA) is 145 Å². The number of rotatable bonds is 6. The highest BCUT2D eigenvalue weighted by molar-refractivity contribution is 6.15. The molecule has 1 aliphatic heterocycles. The normalized spacial score (nSPS) is 35.0. The zero-order valence-corrected chi connectivity index (χ0v) is 21.9. The van der Waals surface area contributed by atoms with Gasteiger partial charge in [0.05, 0.1) is 17.6 Å². The van der Waals surface area contributed by atoms with Crippen LogP contribution in [0.2, 0.25) is 0 Å². The van der Waals surface area contributed by atoms with Crippen LogP contribution in [0.15, 0.2) is 34.1 Å². The molecule has 0 aromatic rings. The summed E-state index contributed by atoms with van der Waals surface area (Å²) in [5.74, 6) is -3.05. The zero-order valence-electron chi connectivity index (χ0n) is 21.9. The van der Waals surface area contributed by atoms with Gasteiger partial charge < -0.3 is 24.6 Å². The van der Waals surface area contributed by atoms with Gasteiger partial charge in [-0.3, -0.25) is 19.2 Å². The van der Waals surface area contributed by atoms with Crippen LogP contribution in [0.4, 0.5) is 0 Å². The van der Waals surface area contributed by atoms with Crippen molar-refractivity contribution >= 4 is 29.5 Å².